The molecule has 0 N–H and O–H groups in total. The van der Waals surface area contributed by atoms with Crippen molar-refractivity contribution in [2.75, 3.05) is 12.4 Å². The zero-order chi connectivity index (χ0) is 9.97. The highest BCUT2D eigenvalue weighted by Crippen LogP contribution is 2.15. The van der Waals surface area contributed by atoms with E-state index in [2.05, 4.69) is 5.27 Å². The van der Waals surface area contributed by atoms with Gasteiger partial charge in [-0.3, -0.25) is 4.52 Å². The van der Waals surface area contributed by atoms with Crippen LogP contribution in [0.4, 0.5) is 0 Å². The van der Waals surface area contributed by atoms with Gasteiger partial charge in [0.05, 0.1) is 6.61 Å². The van der Waals surface area contributed by atoms with Crippen molar-refractivity contribution in [3.05, 3.63) is 11.5 Å². The van der Waals surface area contributed by atoms with Crippen molar-refractivity contribution in [3.8, 4) is 0 Å². The molecule has 0 radical (unpaired) electrons. The van der Waals surface area contributed by atoms with Crippen molar-refractivity contribution in [3.63, 3.8) is 0 Å². The fourth-order valence-corrected chi connectivity index (χ4v) is 2.17. The van der Waals surface area contributed by atoms with Crippen molar-refractivity contribution in [1.82, 2.24) is 5.27 Å². The van der Waals surface area contributed by atoms with E-state index in [-0.39, 0.29) is 5.76 Å². The van der Waals surface area contributed by atoms with Crippen LogP contribution in [0.3, 0.4) is 0 Å². The lowest BCUT2D eigenvalue weighted by Crippen LogP contribution is -2.41. The molecule has 2 rings (SSSR count). The number of hydrogen-bond acceptors (Lipinski definition) is 5. The van der Waals surface area contributed by atoms with Gasteiger partial charge in [0.25, 0.3) is 5.69 Å². The molecule has 76 valence electrons. The summed E-state index contributed by atoms with van der Waals surface area (Å²) in [6.07, 6.45) is 0.808. The van der Waals surface area contributed by atoms with E-state index >= 15 is 0 Å². The minimum Gasteiger partial charge on any atom is -0.460 e. The number of fused-ring (bicyclic) bond motifs is 1. The molecule has 1 aromatic rings. The largest absolute Gasteiger partial charge is 0.460 e. The number of ether oxygens (including phenoxy) is 1. The van der Waals surface area contributed by atoms with E-state index in [0.29, 0.717) is 6.61 Å². The maximum absolute atomic E-state index is 11.4. The number of carbonyl (C=O) groups excluding carboxylic acids is 1. The van der Waals surface area contributed by atoms with Gasteiger partial charge >= 0.3 is 11.7 Å². The second-order valence-electron chi connectivity index (χ2n) is 2.86. The summed E-state index contributed by atoms with van der Waals surface area (Å²) < 4.78 is 11.5. The SMILES string of the molecule is CCOC(=O)c1on[n+]2c1CCSC2. The van der Waals surface area contributed by atoms with Crippen LogP contribution >= 0.6 is 11.8 Å². The molecule has 0 amide bonds. The highest BCUT2D eigenvalue weighted by atomic mass is 32.2. The molecule has 14 heavy (non-hydrogen) atoms. The average molecular weight is 215 g/mol. The van der Waals surface area contributed by atoms with Gasteiger partial charge in [-0.15, -0.1) is 0 Å². The Labute approximate surface area is 85.4 Å². The summed E-state index contributed by atoms with van der Waals surface area (Å²) in [5.41, 5.74) is 0.849. The molecule has 2 heterocycles. The summed E-state index contributed by atoms with van der Waals surface area (Å²) in [6.45, 7) is 2.12. The molecule has 1 aliphatic rings. The standard InChI is InChI=1S/C8H11N2O3S/c1-2-12-8(11)7-6-3-4-14-5-10(6)9-13-7/h2-5H2,1H3/q+1. The van der Waals surface area contributed by atoms with Gasteiger partial charge in [-0.1, -0.05) is 11.8 Å². The third-order valence-electron chi connectivity index (χ3n) is 1.96. The van der Waals surface area contributed by atoms with Gasteiger partial charge in [-0.05, 0) is 11.6 Å². The first kappa shape index (κ1) is 9.51. The minimum atomic E-state index is -0.416. The summed E-state index contributed by atoms with van der Waals surface area (Å²) in [4.78, 5) is 11.4. The van der Waals surface area contributed by atoms with Crippen LogP contribution in [0.1, 0.15) is 23.2 Å². The van der Waals surface area contributed by atoms with E-state index in [1.54, 1.807) is 23.4 Å². The van der Waals surface area contributed by atoms with E-state index < -0.39 is 5.97 Å². The summed E-state index contributed by atoms with van der Waals surface area (Å²) >= 11 is 1.76. The molecule has 0 saturated carbocycles. The van der Waals surface area contributed by atoms with Gasteiger partial charge in [0.2, 0.25) is 5.88 Å². The second kappa shape index (κ2) is 4.00. The van der Waals surface area contributed by atoms with Crippen LogP contribution in [0.25, 0.3) is 0 Å². The van der Waals surface area contributed by atoms with Crippen molar-refractivity contribution >= 4 is 17.7 Å². The Bertz CT molecular complexity index is 350. The van der Waals surface area contributed by atoms with Crippen molar-refractivity contribution in [2.24, 2.45) is 0 Å². The molecule has 1 aromatic heterocycles. The molecular weight excluding hydrogens is 204 g/mol. The Balaban J connectivity index is 2.25. The normalized spacial score (nSPS) is 14.9. The molecule has 0 atom stereocenters. The minimum absolute atomic E-state index is 0.257. The summed E-state index contributed by atoms with van der Waals surface area (Å²) in [7, 11) is 0. The van der Waals surface area contributed by atoms with E-state index in [1.807, 2.05) is 0 Å². The lowest BCUT2D eigenvalue weighted by atomic mass is 10.3. The maximum Gasteiger partial charge on any atom is 0.384 e. The van der Waals surface area contributed by atoms with Crippen LogP contribution in [-0.2, 0) is 17.0 Å². The van der Waals surface area contributed by atoms with Crippen LogP contribution < -0.4 is 4.68 Å². The lowest BCUT2D eigenvalue weighted by molar-refractivity contribution is -0.751. The summed E-state index contributed by atoms with van der Waals surface area (Å²) in [6, 6.07) is 0. The Hall–Kier alpha value is -1.04. The van der Waals surface area contributed by atoms with Crippen molar-refractivity contribution in [1.29, 1.82) is 0 Å². The third-order valence-corrected chi connectivity index (χ3v) is 2.88. The highest BCUT2D eigenvalue weighted by Gasteiger charge is 2.32. The van der Waals surface area contributed by atoms with Gasteiger partial charge in [-0.25, -0.2) is 4.79 Å². The van der Waals surface area contributed by atoms with Crippen molar-refractivity contribution < 1.29 is 18.7 Å². The zero-order valence-corrected chi connectivity index (χ0v) is 8.67. The molecule has 0 bridgehead atoms. The molecule has 0 fully saturated rings. The molecule has 0 saturated heterocycles. The summed E-state index contributed by atoms with van der Waals surface area (Å²) in [5.74, 6) is 1.58. The third kappa shape index (κ3) is 1.61. The van der Waals surface area contributed by atoms with Gasteiger partial charge in [0.15, 0.2) is 5.27 Å². The Kier molecular flexibility index (Phi) is 2.72. The predicted octanol–water partition coefficient (Wildman–Crippen LogP) is 0.386. The first-order valence-corrected chi connectivity index (χ1v) is 5.62. The molecule has 0 spiro atoms. The number of esters is 1. The Morgan fingerprint density at radius 1 is 1.79 bits per heavy atom. The molecule has 1 aliphatic heterocycles. The van der Waals surface area contributed by atoms with Crippen LogP contribution in [0.2, 0.25) is 0 Å². The molecule has 5 nitrogen and oxygen atoms in total. The lowest BCUT2D eigenvalue weighted by Gasteiger charge is -2.01. The van der Waals surface area contributed by atoms with Crippen molar-refractivity contribution in [2.45, 2.75) is 19.2 Å². The first-order chi connectivity index (χ1) is 6.83. The zero-order valence-electron chi connectivity index (χ0n) is 7.86. The fourth-order valence-electron chi connectivity index (χ4n) is 1.32. The summed E-state index contributed by atoms with van der Waals surface area (Å²) in [5, 5.41) is 3.78. The number of nitrogens with zero attached hydrogens (tertiary/aromatic N) is 2. The highest BCUT2D eigenvalue weighted by molar-refractivity contribution is 7.98. The smallest absolute Gasteiger partial charge is 0.384 e. The van der Waals surface area contributed by atoms with Crippen LogP contribution in [-0.4, -0.2) is 23.6 Å². The Morgan fingerprint density at radius 3 is 3.43 bits per heavy atom. The Morgan fingerprint density at radius 2 is 2.64 bits per heavy atom. The van der Waals surface area contributed by atoms with E-state index in [9.17, 15) is 4.79 Å². The van der Waals surface area contributed by atoms with E-state index in [4.69, 9.17) is 9.26 Å². The molecule has 6 heteroatoms. The fraction of sp³-hybridized carbons (Fsp3) is 0.625. The topological polar surface area (TPSA) is 56.2 Å². The average Bonchev–Trinajstić information content (AvgIpc) is 2.61. The van der Waals surface area contributed by atoms with Gasteiger partial charge < -0.3 is 4.74 Å². The van der Waals surface area contributed by atoms with E-state index in [0.717, 1.165) is 23.7 Å². The monoisotopic (exact) mass is 215 g/mol. The van der Waals surface area contributed by atoms with Gasteiger partial charge in [-0.2, -0.15) is 0 Å². The number of aromatic nitrogens is 2. The number of rotatable bonds is 2. The number of thioether (sulfide) groups is 1. The maximum atomic E-state index is 11.4. The molecule has 0 aromatic carbocycles. The van der Waals surface area contributed by atoms with Crippen LogP contribution in [0.5, 0.6) is 0 Å². The molecular formula is C8H11N2O3S+. The first-order valence-electron chi connectivity index (χ1n) is 4.46. The number of hydrogen-bond donors (Lipinski definition) is 0. The van der Waals surface area contributed by atoms with Crippen LogP contribution in [0, 0.1) is 0 Å². The predicted molar refractivity (Wildman–Crippen MR) is 48.8 cm³/mol. The quantitative estimate of drug-likeness (QED) is 0.527. The van der Waals surface area contributed by atoms with Gasteiger partial charge in [0, 0.05) is 12.2 Å². The second-order valence-corrected chi connectivity index (χ2v) is 3.93. The van der Waals surface area contributed by atoms with Gasteiger partial charge in [0.1, 0.15) is 0 Å². The van der Waals surface area contributed by atoms with E-state index in [1.165, 1.54) is 0 Å². The molecule has 0 unspecified atom stereocenters. The molecule has 0 aliphatic carbocycles. The van der Waals surface area contributed by atoms with Crippen LogP contribution in [0.15, 0.2) is 4.52 Å². The number of carbonyl (C=O) groups is 1.